The molecule has 1 atom stereocenters. The number of nitrogens with zero attached hydrogens (tertiary/aromatic N) is 1. The third kappa shape index (κ3) is 3.32. The average Bonchev–Trinajstić information content (AvgIpc) is 2.72. The van der Waals surface area contributed by atoms with Gasteiger partial charge in [0.1, 0.15) is 0 Å². The third-order valence-electron chi connectivity index (χ3n) is 3.51. The monoisotopic (exact) mass is 276 g/mol. The minimum absolute atomic E-state index is 0.345. The van der Waals surface area contributed by atoms with E-state index in [1.54, 1.807) is 0 Å². The summed E-state index contributed by atoms with van der Waals surface area (Å²) < 4.78 is 5.40. The zero-order chi connectivity index (χ0) is 14.0. The number of hydrogen-bond acceptors (Lipinski definition) is 3. The van der Waals surface area contributed by atoms with E-state index < -0.39 is 0 Å². The number of rotatable bonds is 4. The van der Waals surface area contributed by atoms with Gasteiger partial charge in [0.25, 0.3) is 4.84 Å². The Balaban J connectivity index is 2.32. The summed E-state index contributed by atoms with van der Waals surface area (Å²) in [6, 6.07) is 6.61. The van der Waals surface area contributed by atoms with Crippen molar-refractivity contribution in [1.29, 1.82) is 0 Å². The quantitative estimate of drug-likeness (QED) is 0.845. The lowest BCUT2D eigenvalue weighted by atomic mass is 9.83. The van der Waals surface area contributed by atoms with Crippen LogP contribution in [0.2, 0.25) is 0 Å². The van der Waals surface area contributed by atoms with Crippen molar-refractivity contribution in [2.24, 2.45) is 5.92 Å². The van der Waals surface area contributed by atoms with E-state index >= 15 is 0 Å². The Morgan fingerprint density at radius 2 is 2.05 bits per heavy atom. The molecule has 1 unspecified atom stereocenters. The van der Waals surface area contributed by atoms with E-state index in [1.165, 1.54) is 16.7 Å². The molecule has 0 fully saturated rings. The van der Waals surface area contributed by atoms with Crippen LogP contribution in [0.25, 0.3) is 0 Å². The normalized spacial score (nSPS) is 12.9. The zero-order valence-electron chi connectivity index (χ0n) is 11.9. The van der Waals surface area contributed by atoms with Gasteiger partial charge in [-0.1, -0.05) is 37.6 Å². The van der Waals surface area contributed by atoms with Crippen molar-refractivity contribution in [2.75, 3.05) is 0 Å². The summed E-state index contributed by atoms with van der Waals surface area (Å²) in [5, 5.41) is 6.80. The molecule has 0 bridgehead atoms. The molecule has 4 heteroatoms. The van der Waals surface area contributed by atoms with Crippen LogP contribution >= 0.6 is 12.2 Å². The molecule has 0 saturated heterocycles. The van der Waals surface area contributed by atoms with Crippen LogP contribution in [0.15, 0.2) is 22.6 Å². The second kappa shape index (κ2) is 5.70. The molecule has 0 spiro atoms. The van der Waals surface area contributed by atoms with Crippen LogP contribution in [0, 0.1) is 24.6 Å². The van der Waals surface area contributed by atoms with Gasteiger partial charge in [-0.05, 0) is 49.0 Å². The highest BCUT2D eigenvalue weighted by molar-refractivity contribution is 7.71. The van der Waals surface area contributed by atoms with E-state index in [0.717, 1.165) is 6.42 Å². The molecule has 0 radical (unpaired) electrons. The summed E-state index contributed by atoms with van der Waals surface area (Å²) in [5.41, 5.74) is 3.98. The lowest BCUT2D eigenvalue weighted by Crippen LogP contribution is -2.12. The molecule has 1 aromatic carbocycles. The van der Waals surface area contributed by atoms with Gasteiger partial charge in [-0.2, -0.15) is 0 Å². The van der Waals surface area contributed by atoms with Crippen molar-refractivity contribution in [3.8, 4) is 0 Å². The Morgan fingerprint density at radius 1 is 1.32 bits per heavy atom. The topological polar surface area (TPSA) is 41.8 Å². The first kappa shape index (κ1) is 14.0. The Bertz CT molecular complexity index is 613. The molecule has 0 saturated carbocycles. The van der Waals surface area contributed by atoms with Gasteiger partial charge in [-0.25, -0.2) is 5.10 Å². The number of benzene rings is 1. The van der Waals surface area contributed by atoms with Crippen molar-refractivity contribution < 1.29 is 4.42 Å². The van der Waals surface area contributed by atoms with Gasteiger partial charge >= 0.3 is 0 Å². The highest BCUT2D eigenvalue weighted by atomic mass is 32.1. The first-order chi connectivity index (χ1) is 8.97. The Hall–Kier alpha value is -1.42. The van der Waals surface area contributed by atoms with Crippen molar-refractivity contribution in [3.63, 3.8) is 0 Å². The fourth-order valence-corrected chi connectivity index (χ4v) is 2.62. The van der Waals surface area contributed by atoms with Crippen molar-refractivity contribution in [3.05, 3.63) is 45.6 Å². The molecule has 3 nitrogen and oxygen atoms in total. The minimum atomic E-state index is 0.345. The number of aryl methyl sites for hydroxylation is 2. The lowest BCUT2D eigenvalue weighted by Gasteiger charge is -2.22. The van der Waals surface area contributed by atoms with Crippen molar-refractivity contribution in [2.45, 2.75) is 40.0 Å². The summed E-state index contributed by atoms with van der Waals surface area (Å²) in [7, 11) is 0. The van der Waals surface area contributed by atoms with Crippen LogP contribution in [0.5, 0.6) is 0 Å². The number of H-pyrrole nitrogens is 1. The van der Waals surface area contributed by atoms with E-state index in [9.17, 15) is 0 Å². The summed E-state index contributed by atoms with van der Waals surface area (Å²) in [6.45, 7) is 8.74. The molecule has 1 heterocycles. The van der Waals surface area contributed by atoms with E-state index in [1.807, 2.05) is 0 Å². The molecule has 1 aromatic heterocycles. The summed E-state index contributed by atoms with van der Waals surface area (Å²) in [6.07, 6.45) is 0.773. The smallest absolute Gasteiger partial charge is 0.284 e. The van der Waals surface area contributed by atoms with Gasteiger partial charge in [-0.3, -0.25) is 0 Å². The molecule has 1 N–H and O–H groups in total. The molecule has 0 amide bonds. The van der Waals surface area contributed by atoms with E-state index in [-0.39, 0.29) is 0 Å². The van der Waals surface area contributed by atoms with E-state index in [4.69, 9.17) is 16.6 Å². The van der Waals surface area contributed by atoms with Gasteiger partial charge in [0, 0.05) is 6.42 Å². The molecule has 0 aliphatic heterocycles. The summed E-state index contributed by atoms with van der Waals surface area (Å²) in [5.74, 6) is 1.59. The minimum Gasteiger partial charge on any atom is -0.414 e. The first-order valence-electron chi connectivity index (χ1n) is 6.59. The highest BCUT2D eigenvalue weighted by Gasteiger charge is 2.20. The Kier molecular flexibility index (Phi) is 4.20. The number of nitrogens with one attached hydrogen (secondary N) is 1. The maximum absolute atomic E-state index is 5.40. The fraction of sp³-hybridized carbons (Fsp3) is 0.467. The zero-order valence-corrected chi connectivity index (χ0v) is 12.7. The van der Waals surface area contributed by atoms with Crippen LogP contribution in [0.1, 0.15) is 42.3 Å². The van der Waals surface area contributed by atoms with Crippen LogP contribution in [0.3, 0.4) is 0 Å². The maximum Gasteiger partial charge on any atom is 0.284 e. The predicted molar refractivity (Wildman–Crippen MR) is 78.9 cm³/mol. The van der Waals surface area contributed by atoms with Gasteiger partial charge in [0.15, 0.2) is 0 Å². The molecular weight excluding hydrogens is 256 g/mol. The lowest BCUT2D eigenvalue weighted by molar-refractivity contribution is 0.415. The van der Waals surface area contributed by atoms with Crippen molar-refractivity contribution >= 4 is 12.2 Å². The standard InChI is InChI=1S/C15H20N2OS/c1-9(2)13(8-14-16-17-15(19)18-14)12-6-5-10(3)7-11(12)4/h5-7,9,13H,8H2,1-4H3,(H,17,19). The second-order valence-corrected chi connectivity index (χ2v) is 5.79. The van der Waals surface area contributed by atoms with Crippen LogP contribution in [-0.2, 0) is 6.42 Å². The largest absolute Gasteiger partial charge is 0.414 e. The van der Waals surface area contributed by atoms with Gasteiger partial charge < -0.3 is 4.42 Å². The molecule has 19 heavy (non-hydrogen) atoms. The molecule has 2 aromatic rings. The second-order valence-electron chi connectivity index (χ2n) is 5.42. The van der Waals surface area contributed by atoms with Crippen LogP contribution in [-0.4, -0.2) is 10.2 Å². The van der Waals surface area contributed by atoms with E-state index in [0.29, 0.717) is 22.6 Å². The highest BCUT2D eigenvalue weighted by Crippen LogP contribution is 2.30. The average molecular weight is 276 g/mol. The number of aromatic nitrogens is 2. The van der Waals surface area contributed by atoms with E-state index in [2.05, 4.69) is 56.1 Å². The fourth-order valence-electron chi connectivity index (χ4n) is 2.48. The molecule has 102 valence electrons. The molecule has 0 aliphatic carbocycles. The SMILES string of the molecule is Cc1ccc(C(Cc2n[nH]c(=S)o2)C(C)C)c(C)c1. The Morgan fingerprint density at radius 3 is 2.58 bits per heavy atom. The van der Waals surface area contributed by atoms with Gasteiger partial charge in [0.05, 0.1) is 0 Å². The van der Waals surface area contributed by atoms with Crippen LogP contribution in [0.4, 0.5) is 0 Å². The first-order valence-corrected chi connectivity index (χ1v) is 6.99. The van der Waals surface area contributed by atoms with Crippen LogP contribution < -0.4 is 0 Å². The maximum atomic E-state index is 5.40. The Labute approximate surface area is 119 Å². The summed E-state index contributed by atoms with van der Waals surface area (Å²) >= 11 is 4.93. The number of aromatic amines is 1. The molecule has 0 aliphatic rings. The van der Waals surface area contributed by atoms with Crippen molar-refractivity contribution in [1.82, 2.24) is 10.2 Å². The predicted octanol–water partition coefficient (Wildman–Crippen LogP) is 4.33. The third-order valence-corrected chi connectivity index (χ3v) is 3.68. The number of hydrogen-bond donors (Lipinski definition) is 1. The van der Waals surface area contributed by atoms with Gasteiger partial charge in [-0.15, -0.1) is 5.10 Å². The summed E-state index contributed by atoms with van der Waals surface area (Å²) in [4.78, 5) is 0.345. The molecular formula is C15H20N2OS. The molecule has 2 rings (SSSR count). The van der Waals surface area contributed by atoms with Gasteiger partial charge in [0.2, 0.25) is 5.89 Å².